The minimum absolute atomic E-state index is 0.0112. The maximum absolute atomic E-state index is 13.9. The number of para-hydroxylation sites is 2. The van der Waals surface area contributed by atoms with E-state index >= 15 is 0 Å². The first kappa shape index (κ1) is 31.8. The minimum Gasteiger partial charge on any atom is -0.478 e. The topological polar surface area (TPSA) is 182 Å². The Kier molecular flexibility index (Phi) is 10.8. The average Bonchev–Trinajstić information content (AvgIpc) is 2.93. The van der Waals surface area contributed by atoms with Gasteiger partial charge in [-0.2, -0.15) is 0 Å². The van der Waals surface area contributed by atoms with Crippen molar-refractivity contribution in [1.82, 2.24) is 15.3 Å². The summed E-state index contributed by atoms with van der Waals surface area (Å²) in [5, 5.41) is 22.6. The quantitative estimate of drug-likeness (QED) is 0.165. The Morgan fingerprint density at radius 2 is 1.81 bits per heavy atom. The summed E-state index contributed by atoms with van der Waals surface area (Å²) < 4.78 is 19.2. The number of ether oxygens (including phenoxy) is 1. The first-order valence-corrected chi connectivity index (χ1v) is 13.2. The molecule has 222 valence electrons. The lowest BCUT2D eigenvalue weighted by Gasteiger charge is -2.29. The van der Waals surface area contributed by atoms with Gasteiger partial charge in [-0.05, 0) is 69.4 Å². The van der Waals surface area contributed by atoms with Crippen molar-refractivity contribution in [3.63, 3.8) is 0 Å². The molecule has 0 radical (unpaired) electrons. The number of carboxylic acids is 1. The normalized spacial score (nSPS) is 13.8. The van der Waals surface area contributed by atoms with Crippen LogP contribution in [0.3, 0.4) is 0 Å². The maximum atomic E-state index is 13.9. The number of aromatic nitrogens is 2. The fraction of sp³-hybridized carbons (Fsp3) is 0.333. The number of nitrogens with zero attached hydrogens (tertiary/aromatic N) is 2. The number of carbonyl (C=O) groups excluding carboxylic acids is 3. The number of nitrogens with one attached hydrogen (secondary N) is 1. The standard InChI is InChI=1S/C30H33FN4O7/c1-30(2,42-27(39)11-10-26(37)38)13-12-19(28(32)40)16-25(36)23(15-18-6-5-7-20(31)14-18)35-29(41)24-17-33-21-8-3-4-9-22(21)34-24/h3-11,14,17,19,23,25,36H,12-13,15-16H2,1-2H3,(H2,32,40)(H,35,41)(H,37,38)/t19-,23+,25+/m1/s1. The van der Waals surface area contributed by atoms with Crippen molar-refractivity contribution in [2.45, 2.75) is 57.3 Å². The Morgan fingerprint density at radius 3 is 2.48 bits per heavy atom. The van der Waals surface area contributed by atoms with Crippen LogP contribution in [0.1, 0.15) is 49.2 Å². The molecule has 3 aromatic rings. The summed E-state index contributed by atoms with van der Waals surface area (Å²) in [6.07, 6.45) is 1.62. The monoisotopic (exact) mass is 580 g/mol. The van der Waals surface area contributed by atoms with Gasteiger partial charge in [-0.25, -0.2) is 19.0 Å². The molecule has 0 saturated carbocycles. The highest BCUT2D eigenvalue weighted by Gasteiger charge is 2.31. The largest absolute Gasteiger partial charge is 0.478 e. The summed E-state index contributed by atoms with van der Waals surface area (Å²) >= 11 is 0. The zero-order valence-electron chi connectivity index (χ0n) is 23.2. The molecule has 0 aliphatic carbocycles. The van der Waals surface area contributed by atoms with Crippen LogP contribution in [0.4, 0.5) is 4.39 Å². The van der Waals surface area contributed by atoms with E-state index in [1.165, 1.54) is 24.4 Å². The fourth-order valence-corrected chi connectivity index (χ4v) is 4.36. The van der Waals surface area contributed by atoms with Gasteiger partial charge in [0.2, 0.25) is 5.91 Å². The summed E-state index contributed by atoms with van der Waals surface area (Å²) in [5.41, 5.74) is 6.16. The van der Waals surface area contributed by atoms with E-state index in [1.54, 1.807) is 44.2 Å². The highest BCUT2D eigenvalue weighted by atomic mass is 19.1. The van der Waals surface area contributed by atoms with Gasteiger partial charge in [0.25, 0.3) is 5.91 Å². The zero-order chi connectivity index (χ0) is 30.9. The molecule has 0 aliphatic heterocycles. The molecule has 3 atom stereocenters. The number of amides is 2. The highest BCUT2D eigenvalue weighted by molar-refractivity contribution is 5.94. The van der Waals surface area contributed by atoms with Crippen molar-refractivity contribution < 1.29 is 38.5 Å². The second-order valence-corrected chi connectivity index (χ2v) is 10.5. The number of esters is 1. The van der Waals surface area contributed by atoms with E-state index in [0.29, 0.717) is 22.7 Å². The predicted molar refractivity (Wildman–Crippen MR) is 150 cm³/mol. The minimum atomic E-state index is -1.31. The molecule has 2 aromatic carbocycles. The van der Waals surface area contributed by atoms with E-state index in [0.717, 1.165) is 6.08 Å². The van der Waals surface area contributed by atoms with Crippen LogP contribution in [0.5, 0.6) is 0 Å². The number of hydrogen-bond acceptors (Lipinski definition) is 8. The van der Waals surface area contributed by atoms with Gasteiger partial charge in [0.15, 0.2) is 0 Å². The average molecular weight is 581 g/mol. The smallest absolute Gasteiger partial charge is 0.331 e. The van der Waals surface area contributed by atoms with Crippen molar-refractivity contribution in [1.29, 1.82) is 0 Å². The van der Waals surface area contributed by atoms with Gasteiger partial charge >= 0.3 is 11.9 Å². The van der Waals surface area contributed by atoms with Crippen LogP contribution in [0, 0.1) is 11.7 Å². The van der Waals surface area contributed by atoms with E-state index in [9.17, 15) is 28.7 Å². The third kappa shape index (κ3) is 9.73. The van der Waals surface area contributed by atoms with Gasteiger partial charge in [0.1, 0.15) is 17.1 Å². The third-order valence-electron chi connectivity index (χ3n) is 6.57. The lowest BCUT2D eigenvalue weighted by atomic mass is 9.87. The Bertz CT molecular complexity index is 1480. The molecule has 1 aromatic heterocycles. The molecule has 5 N–H and O–H groups in total. The number of halogens is 1. The zero-order valence-corrected chi connectivity index (χ0v) is 23.2. The van der Waals surface area contributed by atoms with Crippen molar-refractivity contribution >= 4 is 34.8 Å². The fourth-order valence-electron chi connectivity index (χ4n) is 4.36. The number of carboxylic acid groups (broad SMARTS) is 1. The molecule has 3 rings (SSSR count). The second kappa shape index (κ2) is 14.3. The van der Waals surface area contributed by atoms with Crippen LogP contribution in [0.25, 0.3) is 11.0 Å². The lowest BCUT2D eigenvalue weighted by molar-refractivity contribution is -0.151. The van der Waals surface area contributed by atoms with Gasteiger partial charge in [0, 0.05) is 18.1 Å². The number of aliphatic carboxylic acids is 1. The number of fused-ring (bicyclic) bond motifs is 1. The summed E-state index contributed by atoms with van der Waals surface area (Å²) in [4.78, 5) is 56.6. The molecule has 0 aliphatic rings. The van der Waals surface area contributed by atoms with Gasteiger partial charge in [-0.15, -0.1) is 0 Å². The summed E-state index contributed by atoms with van der Waals surface area (Å²) in [5.74, 6) is -4.87. The Morgan fingerprint density at radius 1 is 1.10 bits per heavy atom. The van der Waals surface area contributed by atoms with Crippen LogP contribution in [-0.4, -0.2) is 61.7 Å². The number of rotatable bonds is 14. The third-order valence-corrected chi connectivity index (χ3v) is 6.57. The summed E-state index contributed by atoms with van der Waals surface area (Å²) in [6.45, 7) is 3.18. The molecule has 11 nitrogen and oxygen atoms in total. The van der Waals surface area contributed by atoms with Crippen molar-refractivity contribution in [2.24, 2.45) is 11.7 Å². The van der Waals surface area contributed by atoms with Crippen molar-refractivity contribution in [3.05, 3.63) is 84.0 Å². The van der Waals surface area contributed by atoms with E-state index in [1.807, 2.05) is 0 Å². The number of aliphatic hydroxyl groups excluding tert-OH is 1. The molecular weight excluding hydrogens is 547 g/mol. The van der Waals surface area contributed by atoms with Gasteiger partial charge in [-0.3, -0.25) is 14.6 Å². The molecule has 0 saturated heterocycles. The number of benzene rings is 2. The predicted octanol–water partition coefficient (Wildman–Crippen LogP) is 2.71. The summed E-state index contributed by atoms with van der Waals surface area (Å²) in [6, 6.07) is 11.7. The van der Waals surface area contributed by atoms with Crippen molar-refractivity contribution in [2.75, 3.05) is 0 Å². The number of hydrogen-bond donors (Lipinski definition) is 4. The SMILES string of the molecule is CC(C)(CC[C@H](C[C@H](O)[C@H](Cc1cccc(F)c1)NC(=O)c1cnc2ccccc2n1)C(N)=O)OC(=O)C=CC(=O)O. The number of nitrogens with two attached hydrogens (primary N) is 1. The van der Waals surface area contributed by atoms with Gasteiger partial charge < -0.3 is 26.0 Å². The van der Waals surface area contributed by atoms with E-state index in [4.69, 9.17) is 15.6 Å². The van der Waals surface area contributed by atoms with Crippen LogP contribution >= 0.6 is 0 Å². The molecular formula is C30H33FN4O7. The second-order valence-electron chi connectivity index (χ2n) is 10.5. The Labute approximate surface area is 241 Å². The first-order valence-electron chi connectivity index (χ1n) is 13.2. The molecule has 0 unspecified atom stereocenters. The van der Waals surface area contributed by atoms with Crippen molar-refractivity contribution in [3.8, 4) is 0 Å². The van der Waals surface area contributed by atoms with Gasteiger partial charge in [-0.1, -0.05) is 24.3 Å². The number of primary amides is 1. The van der Waals surface area contributed by atoms with Crippen LogP contribution in [-0.2, 0) is 25.5 Å². The molecule has 0 bridgehead atoms. The lowest BCUT2D eigenvalue weighted by Crippen LogP contribution is -2.46. The Balaban J connectivity index is 1.75. The molecule has 2 amide bonds. The molecule has 1 heterocycles. The van der Waals surface area contributed by atoms with Crippen LogP contribution < -0.4 is 11.1 Å². The number of aliphatic hydroxyl groups is 1. The van der Waals surface area contributed by atoms with Crippen LogP contribution in [0.15, 0.2) is 66.9 Å². The van der Waals surface area contributed by atoms with E-state index in [2.05, 4.69) is 15.3 Å². The molecule has 0 spiro atoms. The number of carbonyl (C=O) groups is 4. The van der Waals surface area contributed by atoms with E-state index in [-0.39, 0.29) is 31.4 Å². The van der Waals surface area contributed by atoms with Gasteiger partial charge in [0.05, 0.1) is 29.4 Å². The van der Waals surface area contributed by atoms with E-state index < -0.39 is 53.2 Å². The molecule has 0 fully saturated rings. The maximum Gasteiger partial charge on any atom is 0.331 e. The highest BCUT2D eigenvalue weighted by Crippen LogP contribution is 2.25. The Hall–Kier alpha value is -4.71. The molecule has 42 heavy (non-hydrogen) atoms. The van der Waals surface area contributed by atoms with Crippen LogP contribution in [0.2, 0.25) is 0 Å². The first-order chi connectivity index (χ1) is 19.8. The summed E-state index contributed by atoms with van der Waals surface area (Å²) in [7, 11) is 0. The molecule has 12 heteroatoms.